The van der Waals surface area contributed by atoms with Crippen LogP contribution in [0, 0.1) is 0 Å². The van der Waals surface area contributed by atoms with Crippen molar-refractivity contribution in [3.63, 3.8) is 0 Å². The standard InChI is InChI=1S/C19H14N2O3S/c22-15-10-8-13(9-11-15)12-20-18(23)21(25-19(20)24)17-7-3-5-14-4-1-2-6-16(14)17/h1-11,22H,12H2. The summed E-state index contributed by atoms with van der Waals surface area (Å²) >= 11 is 0.894. The van der Waals surface area contributed by atoms with Gasteiger partial charge in [-0.2, -0.15) is 0 Å². The van der Waals surface area contributed by atoms with E-state index in [0.717, 1.165) is 27.9 Å². The summed E-state index contributed by atoms with van der Waals surface area (Å²) in [5.74, 6) is 0.148. The van der Waals surface area contributed by atoms with Crippen LogP contribution in [0.3, 0.4) is 0 Å². The van der Waals surface area contributed by atoms with Gasteiger partial charge in [-0.3, -0.25) is 4.79 Å². The lowest BCUT2D eigenvalue weighted by Gasteiger charge is -2.05. The van der Waals surface area contributed by atoms with Crippen LogP contribution in [0.5, 0.6) is 5.75 Å². The highest BCUT2D eigenvalue weighted by Crippen LogP contribution is 2.21. The lowest BCUT2D eigenvalue weighted by Crippen LogP contribution is -2.28. The van der Waals surface area contributed by atoms with E-state index in [1.807, 2.05) is 42.5 Å². The van der Waals surface area contributed by atoms with Crippen molar-refractivity contribution in [3.8, 4) is 11.4 Å². The smallest absolute Gasteiger partial charge is 0.346 e. The fraction of sp³-hybridized carbons (Fsp3) is 0.0526. The summed E-state index contributed by atoms with van der Waals surface area (Å²) < 4.78 is 2.64. The van der Waals surface area contributed by atoms with E-state index in [1.54, 1.807) is 12.1 Å². The average molecular weight is 350 g/mol. The fourth-order valence-corrected chi connectivity index (χ4v) is 3.64. The van der Waals surface area contributed by atoms with Crippen molar-refractivity contribution >= 4 is 22.3 Å². The van der Waals surface area contributed by atoms with Gasteiger partial charge in [-0.25, -0.2) is 13.3 Å². The molecule has 0 bridgehead atoms. The molecule has 3 aromatic carbocycles. The van der Waals surface area contributed by atoms with Crippen molar-refractivity contribution in [2.24, 2.45) is 0 Å². The van der Waals surface area contributed by atoms with Gasteiger partial charge in [0.05, 0.1) is 12.2 Å². The van der Waals surface area contributed by atoms with Gasteiger partial charge >= 0.3 is 10.6 Å². The predicted octanol–water partition coefficient (Wildman–Crippen LogP) is 2.97. The number of aromatic hydroxyl groups is 1. The van der Waals surface area contributed by atoms with Gasteiger partial charge in [0.2, 0.25) is 0 Å². The predicted molar refractivity (Wildman–Crippen MR) is 98.9 cm³/mol. The molecule has 0 amide bonds. The Kier molecular flexibility index (Phi) is 3.74. The van der Waals surface area contributed by atoms with E-state index in [-0.39, 0.29) is 22.9 Å². The first-order valence-corrected chi connectivity index (χ1v) is 8.50. The highest BCUT2D eigenvalue weighted by Gasteiger charge is 2.14. The molecule has 0 atom stereocenters. The summed E-state index contributed by atoms with van der Waals surface area (Å²) in [6, 6.07) is 19.9. The van der Waals surface area contributed by atoms with E-state index >= 15 is 0 Å². The van der Waals surface area contributed by atoms with E-state index in [4.69, 9.17) is 0 Å². The lowest BCUT2D eigenvalue weighted by atomic mass is 10.1. The first kappa shape index (κ1) is 15.4. The average Bonchev–Trinajstić information content (AvgIpc) is 2.91. The minimum atomic E-state index is -0.362. The quantitative estimate of drug-likeness (QED) is 0.618. The molecule has 0 aliphatic carbocycles. The van der Waals surface area contributed by atoms with Crippen LogP contribution in [0.4, 0.5) is 0 Å². The number of aromatic nitrogens is 2. The molecule has 1 N–H and O–H groups in total. The summed E-state index contributed by atoms with van der Waals surface area (Å²) in [6.07, 6.45) is 0. The Morgan fingerprint density at radius 2 is 1.60 bits per heavy atom. The molecule has 0 spiro atoms. The van der Waals surface area contributed by atoms with Gasteiger partial charge in [-0.15, -0.1) is 0 Å². The summed E-state index contributed by atoms with van der Waals surface area (Å²) in [5.41, 5.74) is 1.12. The molecule has 0 fully saturated rings. The van der Waals surface area contributed by atoms with Gasteiger partial charge in [0.15, 0.2) is 0 Å². The number of hydrogen-bond donors (Lipinski definition) is 1. The molecule has 0 saturated carbocycles. The maximum Gasteiger partial charge on any atom is 0.346 e. The van der Waals surface area contributed by atoms with E-state index in [1.165, 1.54) is 20.7 Å². The van der Waals surface area contributed by atoms with E-state index < -0.39 is 0 Å². The van der Waals surface area contributed by atoms with Crippen molar-refractivity contribution in [2.75, 3.05) is 0 Å². The van der Waals surface area contributed by atoms with Crippen LogP contribution in [0.25, 0.3) is 16.5 Å². The molecule has 5 nitrogen and oxygen atoms in total. The third-order valence-corrected chi connectivity index (χ3v) is 4.97. The highest BCUT2D eigenvalue weighted by atomic mass is 32.1. The molecule has 0 aliphatic rings. The number of phenols is 1. The number of hydrogen-bond acceptors (Lipinski definition) is 4. The second kappa shape index (κ2) is 6.07. The van der Waals surface area contributed by atoms with Crippen LogP contribution in [-0.4, -0.2) is 13.6 Å². The third-order valence-electron chi connectivity index (χ3n) is 4.06. The zero-order chi connectivity index (χ0) is 17.4. The highest BCUT2D eigenvalue weighted by molar-refractivity contribution is 7.04. The maximum absolute atomic E-state index is 12.8. The minimum Gasteiger partial charge on any atom is -0.508 e. The van der Waals surface area contributed by atoms with Crippen molar-refractivity contribution in [3.05, 3.63) is 92.4 Å². The van der Waals surface area contributed by atoms with Crippen LogP contribution in [0.15, 0.2) is 76.3 Å². The van der Waals surface area contributed by atoms with Gasteiger partial charge in [-0.05, 0) is 29.1 Å². The van der Waals surface area contributed by atoms with Gasteiger partial charge in [-0.1, -0.05) is 48.5 Å². The van der Waals surface area contributed by atoms with Crippen LogP contribution < -0.4 is 10.6 Å². The molecular weight excluding hydrogens is 336 g/mol. The van der Waals surface area contributed by atoms with E-state index in [2.05, 4.69) is 0 Å². The number of fused-ring (bicyclic) bond motifs is 1. The monoisotopic (exact) mass is 350 g/mol. The molecule has 25 heavy (non-hydrogen) atoms. The molecule has 4 aromatic rings. The molecule has 6 heteroatoms. The molecule has 1 heterocycles. The van der Waals surface area contributed by atoms with Crippen molar-refractivity contribution < 1.29 is 5.11 Å². The van der Waals surface area contributed by atoms with E-state index in [0.29, 0.717) is 5.69 Å². The normalized spacial score (nSPS) is 11.0. The molecule has 0 radical (unpaired) electrons. The molecule has 0 saturated heterocycles. The summed E-state index contributed by atoms with van der Waals surface area (Å²) in [7, 11) is 0. The van der Waals surface area contributed by atoms with Gasteiger partial charge in [0, 0.05) is 16.9 Å². The Labute approximate surface area is 146 Å². The summed E-state index contributed by atoms with van der Waals surface area (Å²) in [4.78, 5) is 24.8. The topological polar surface area (TPSA) is 64.2 Å². The molecule has 1 aromatic heterocycles. The van der Waals surface area contributed by atoms with Gasteiger partial charge in [0.25, 0.3) is 0 Å². The number of rotatable bonds is 3. The molecule has 0 unspecified atom stereocenters. The fourth-order valence-electron chi connectivity index (χ4n) is 2.81. The molecule has 124 valence electrons. The van der Waals surface area contributed by atoms with Crippen molar-refractivity contribution in [1.29, 1.82) is 0 Å². The zero-order valence-corrected chi connectivity index (χ0v) is 13.9. The molecular formula is C19H14N2O3S. The number of nitrogens with zero attached hydrogens (tertiary/aromatic N) is 2. The first-order valence-electron chi connectivity index (χ1n) is 7.73. The van der Waals surface area contributed by atoms with Crippen molar-refractivity contribution in [1.82, 2.24) is 8.52 Å². The SMILES string of the molecule is O=c1sn(-c2cccc3ccccc23)c(=O)n1Cc1ccc(O)cc1. The minimum absolute atomic E-state index is 0.148. The second-order valence-electron chi connectivity index (χ2n) is 5.69. The number of benzene rings is 3. The lowest BCUT2D eigenvalue weighted by molar-refractivity contribution is 0.475. The Morgan fingerprint density at radius 3 is 2.40 bits per heavy atom. The Balaban J connectivity index is 1.84. The van der Waals surface area contributed by atoms with E-state index in [9.17, 15) is 14.7 Å². The molecule has 0 aliphatic heterocycles. The van der Waals surface area contributed by atoms with Crippen LogP contribution >= 0.6 is 11.5 Å². The Hall–Kier alpha value is -3.12. The summed E-state index contributed by atoms with van der Waals surface area (Å²) in [5, 5.41) is 11.3. The maximum atomic E-state index is 12.8. The second-order valence-corrected chi connectivity index (χ2v) is 6.58. The van der Waals surface area contributed by atoms with Crippen LogP contribution in [0.2, 0.25) is 0 Å². The van der Waals surface area contributed by atoms with Crippen LogP contribution in [0.1, 0.15) is 5.56 Å². The Morgan fingerprint density at radius 1 is 0.880 bits per heavy atom. The molecule has 4 rings (SSSR count). The zero-order valence-electron chi connectivity index (χ0n) is 13.1. The number of phenolic OH excluding ortho intramolecular Hbond substituents is 1. The van der Waals surface area contributed by atoms with Crippen molar-refractivity contribution in [2.45, 2.75) is 6.54 Å². The first-order chi connectivity index (χ1) is 12.1. The van der Waals surface area contributed by atoms with Crippen LogP contribution in [-0.2, 0) is 6.54 Å². The summed E-state index contributed by atoms with van der Waals surface area (Å²) in [6.45, 7) is 0.173. The van der Waals surface area contributed by atoms with Gasteiger partial charge < -0.3 is 5.11 Å². The Bertz CT molecular complexity index is 1160. The van der Waals surface area contributed by atoms with Gasteiger partial charge in [0.1, 0.15) is 5.75 Å². The third kappa shape index (κ3) is 2.77. The largest absolute Gasteiger partial charge is 0.508 e.